The van der Waals surface area contributed by atoms with Gasteiger partial charge in [0.05, 0.1) is 10.6 Å². The van der Waals surface area contributed by atoms with Gasteiger partial charge in [0.25, 0.3) is 5.91 Å². The predicted octanol–water partition coefficient (Wildman–Crippen LogP) is 6.18. The topological polar surface area (TPSA) is 66.8 Å². The Morgan fingerprint density at radius 1 is 1.09 bits per heavy atom. The first-order valence-corrected chi connectivity index (χ1v) is 11.0. The molecule has 168 valence electrons. The Hall–Kier alpha value is -3.31. The first-order valence-electron chi connectivity index (χ1n) is 12.6. The molecule has 5 rings (SSSR count). The number of fused-ring (bicyclic) bond motifs is 1. The second kappa shape index (κ2) is 8.91. The fourth-order valence-corrected chi connectivity index (χ4v) is 4.45. The van der Waals surface area contributed by atoms with E-state index in [0.29, 0.717) is 17.9 Å². The third-order valence-electron chi connectivity index (χ3n) is 6.01. The Morgan fingerprint density at radius 2 is 1.88 bits per heavy atom. The number of ether oxygens (including phenoxy) is 1. The van der Waals surface area contributed by atoms with Gasteiger partial charge in [0, 0.05) is 23.6 Å². The van der Waals surface area contributed by atoms with Crippen LogP contribution in [0, 0.1) is 0 Å². The third-order valence-corrected chi connectivity index (χ3v) is 6.34. The number of carbonyl (C=O) groups is 2. The van der Waals surface area contributed by atoms with Crippen LogP contribution in [0.3, 0.4) is 0 Å². The third kappa shape index (κ3) is 4.33. The maximum absolute atomic E-state index is 13.0. The van der Waals surface area contributed by atoms with Gasteiger partial charge in [-0.15, -0.1) is 0 Å². The van der Waals surface area contributed by atoms with E-state index in [1.807, 2.05) is 24.3 Å². The van der Waals surface area contributed by atoms with Crippen molar-refractivity contribution in [3.05, 3.63) is 87.9 Å². The van der Waals surface area contributed by atoms with Gasteiger partial charge < -0.3 is 14.7 Å². The summed E-state index contributed by atoms with van der Waals surface area (Å²) in [5.74, 6) is -0.725. The number of benzene rings is 3. The van der Waals surface area contributed by atoms with Gasteiger partial charge in [-0.25, -0.2) is 4.79 Å². The van der Waals surface area contributed by atoms with Crippen molar-refractivity contribution >= 4 is 23.5 Å². The zero-order valence-corrected chi connectivity index (χ0v) is 18.4. The Kier molecular flexibility index (Phi) is 4.64. The fraction of sp³-hybridized carbons (Fsp3) is 0.259. The molecule has 0 aromatic heterocycles. The van der Waals surface area contributed by atoms with Crippen molar-refractivity contribution in [2.45, 2.75) is 44.8 Å². The number of aromatic carboxylic acids is 1. The first kappa shape index (κ1) is 17.2. The van der Waals surface area contributed by atoms with Crippen molar-refractivity contribution in [3.63, 3.8) is 0 Å². The van der Waals surface area contributed by atoms with Crippen LogP contribution < -0.4 is 4.74 Å². The highest BCUT2D eigenvalue weighted by molar-refractivity contribution is 6.33. The van der Waals surface area contributed by atoms with Crippen LogP contribution in [0.15, 0.2) is 60.7 Å². The van der Waals surface area contributed by atoms with Crippen molar-refractivity contribution < 1.29 is 24.9 Å². The smallest absolute Gasteiger partial charge is 0.337 e. The predicted molar refractivity (Wildman–Crippen MR) is 127 cm³/mol. The second-order valence-electron chi connectivity index (χ2n) is 8.16. The fourth-order valence-electron chi connectivity index (χ4n) is 4.25. The molecule has 0 saturated heterocycles. The highest BCUT2D eigenvalue weighted by Gasteiger charge is 2.34. The highest BCUT2D eigenvalue weighted by Crippen LogP contribution is 2.33. The molecule has 1 fully saturated rings. The number of halogens is 1. The Bertz CT molecular complexity index is 1390. The van der Waals surface area contributed by atoms with Crippen LogP contribution in [-0.4, -0.2) is 27.9 Å². The van der Waals surface area contributed by atoms with Crippen molar-refractivity contribution in [3.8, 4) is 16.9 Å². The molecular formula is C27H24ClNO4. The molecule has 0 atom stereocenters. The number of amides is 1. The summed E-state index contributed by atoms with van der Waals surface area (Å²) in [5.41, 5.74) is 3.75. The van der Waals surface area contributed by atoms with Crippen LogP contribution in [0.1, 0.15) is 62.9 Å². The molecule has 2 aliphatic rings. The van der Waals surface area contributed by atoms with Crippen molar-refractivity contribution in [2.75, 3.05) is 0 Å². The van der Waals surface area contributed by atoms with Gasteiger partial charge >= 0.3 is 5.97 Å². The number of hydrogen-bond donors (Lipinski definition) is 1. The number of carboxylic acids is 1. The molecule has 6 heteroatoms. The van der Waals surface area contributed by atoms with Crippen molar-refractivity contribution in [1.29, 1.82) is 0 Å². The molecule has 1 aliphatic heterocycles. The Morgan fingerprint density at radius 3 is 2.67 bits per heavy atom. The molecule has 3 aromatic rings. The summed E-state index contributed by atoms with van der Waals surface area (Å²) in [6.45, 7) is 0.548. The van der Waals surface area contributed by atoms with E-state index in [-0.39, 0.29) is 35.9 Å². The number of hydrogen-bond acceptors (Lipinski definition) is 3. The van der Waals surface area contributed by atoms with E-state index in [1.165, 1.54) is 6.07 Å². The van der Waals surface area contributed by atoms with Gasteiger partial charge in [0.15, 0.2) is 0 Å². The average molecular weight is 466 g/mol. The minimum atomic E-state index is -1.98. The van der Waals surface area contributed by atoms with E-state index in [1.54, 1.807) is 35.2 Å². The van der Waals surface area contributed by atoms with Gasteiger partial charge in [0.1, 0.15) is 12.4 Å². The summed E-state index contributed by atoms with van der Waals surface area (Å²) in [4.78, 5) is 25.9. The molecular weight excluding hydrogens is 438 g/mol. The molecule has 5 nitrogen and oxygen atoms in total. The quantitative estimate of drug-likeness (QED) is 0.471. The largest absolute Gasteiger partial charge is 0.489 e. The van der Waals surface area contributed by atoms with Crippen LogP contribution in [0.4, 0.5) is 0 Å². The molecule has 1 heterocycles. The Labute approximate surface area is 203 Å². The molecule has 1 saturated carbocycles. The van der Waals surface area contributed by atoms with Gasteiger partial charge in [-0.1, -0.05) is 48.6 Å². The number of carbonyl (C=O) groups excluding carboxylic acids is 1. The summed E-state index contributed by atoms with van der Waals surface area (Å²) in [5, 5.41) is 9.52. The van der Waals surface area contributed by atoms with E-state index in [0.717, 1.165) is 22.3 Å². The molecule has 3 aromatic carbocycles. The molecule has 0 spiro atoms. The van der Waals surface area contributed by atoms with E-state index in [2.05, 4.69) is 0 Å². The average Bonchev–Trinajstić information content (AvgIpc) is 3.29. The molecule has 1 aliphatic carbocycles. The summed E-state index contributed by atoms with van der Waals surface area (Å²) in [7, 11) is 0. The molecule has 1 N–H and O–H groups in total. The van der Waals surface area contributed by atoms with Gasteiger partial charge in [0.2, 0.25) is 0 Å². The number of carboxylic acid groups (broad SMARTS) is 1. The summed E-state index contributed by atoms with van der Waals surface area (Å²) < 4.78 is 38.0. The van der Waals surface area contributed by atoms with Crippen LogP contribution >= 0.6 is 11.6 Å². The Balaban J connectivity index is 1.28. The standard InChI is InChI=1S/C27H24ClNO4/c28-25-11-8-19(14-24(25)27(31)32)18-5-3-4-17(12-18)16-33-22-9-10-23-20(13-22)15-29(26(23)30)21-6-1-2-7-21/h3-5,8-14,21H,1-2,6-7,15-16H2,(H,31,32)/i1D2,2D2. The normalized spacial score (nSPS) is 20.5. The zero-order chi connectivity index (χ0) is 26.5. The van der Waals surface area contributed by atoms with E-state index in [4.69, 9.17) is 21.8 Å². The lowest BCUT2D eigenvalue weighted by atomic mass is 10.0. The second-order valence-corrected chi connectivity index (χ2v) is 8.56. The number of rotatable bonds is 6. The van der Waals surface area contributed by atoms with Crippen molar-refractivity contribution in [2.24, 2.45) is 0 Å². The van der Waals surface area contributed by atoms with Gasteiger partial charge in [-0.2, -0.15) is 0 Å². The van der Waals surface area contributed by atoms with E-state index in [9.17, 15) is 14.7 Å². The highest BCUT2D eigenvalue weighted by atomic mass is 35.5. The minimum absolute atomic E-state index is 0.0268. The molecule has 0 radical (unpaired) electrons. The lowest BCUT2D eigenvalue weighted by Crippen LogP contribution is -2.33. The van der Waals surface area contributed by atoms with Gasteiger partial charge in [-0.3, -0.25) is 4.79 Å². The molecule has 0 unspecified atom stereocenters. The van der Waals surface area contributed by atoms with Crippen LogP contribution in [0.2, 0.25) is 5.02 Å². The zero-order valence-electron chi connectivity index (χ0n) is 21.7. The SMILES string of the molecule is [2H]C1([2H])CC(N2Cc3cc(OCc4cccc(-c5ccc(Cl)c(C(=O)O)c5)c4)ccc3C2=O)CC1([2H])[2H]. The lowest BCUT2D eigenvalue weighted by Gasteiger charge is -2.23. The molecule has 33 heavy (non-hydrogen) atoms. The maximum Gasteiger partial charge on any atom is 0.337 e. The monoisotopic (exact) mass is 465 g/mol. The summed E-state index contributed by atoms with van der Waals surface area (Å²) >= 11 is 5.99. The molecule has 0 bridgehead atoms. The van der Waals surface area contributed by atoms with Crippen LogP contribution in [0.25, 0.3) is 11.1 Å². The maximum atomic E-state index is 13.0. The van der Waals surface area contributed by atoms with Gasteiger partial charge in [-0.05, 0) is 71.5 Å². The van der Waals surface area contributed by atoms with E-state index < -0.39 is 24.8 Å². The van der Waals surface area contributed by atoms with Crippen LogP contribution in [-0.2, 0) is 13.2 Å². The number of nitrogens with zero attached hydrogens (tertiary/aromatic N) is 1. The minimum Gasteiger partial charge on any atom is -0.489 e. The van der Waals surface area contributed by atoms with Crippen molar-refractivity contribution in [1.82, 2.24) is 4.90 Å². The lowest BCUT2D eigenvalue weighted by molar-refractivity contribution is 0.0691. The van der Waals surface area contributed by atoms with Crippen LogP contribution in [0.5, 0.6) is 5.75 Å². The van der Waals surface area contributed by atoms with E-state index >= 15 is 0 Å². The summed E-state index contributed by atoms with van der Waals surface area (Å²) in [6.07, 6.45) is -4.00. The summed E-state index contributed by atoms with van der Waals surface area (Å²) in [6, 6.07) is 17.1. The molecule has 1 amide bonds. The first-order chi connectivity index (χ1) is 17.4.